The van der Waals surface area contributed by atoms with Gasteiger partial charge in [-0.2, -0.15) is 0 Å². The van der Waals surface area contributed by atoms with Gasteiger partial charge in [-0.05, 0) is 24.3 Å². The first kappa shape index (κ1) is 17.5. The highest BCUT2D eigenvalue weighted by Crippen LogP contribution is 2.29. The second-order valence-corrected chi connectivity index (χ2v) is 5.97. The Morgan fingerprint density at radius 2 is 1.40 bits per heavy atom. The van der Waals surface area contributed by atoms with Crippen molar-refractivity contribution in [3.8, 4) is 22.9 Å². The van der Waals surface area contributed by atoms with Gasteiger partial charge < -0.3 is 9.47 Å². The summed E-state index contributed by atoms with van der Waals surface area (Å²) in [5.41, 5.74) is 0.746. The Bertz CT molecular complexity index is 808. The summed E-state index contributed by atoms with van der Waals surface area (Å²) in [6.45, 7) is 1.09. The molecule has 0 amide bonds. The van der Waals surface area contributed by atoms with Crippen molar-refractivity contribution < 1.29 is 9.47 Å². The van der Waals surface area contributed by atoms with Crippen molar-refractivity contribution in [3.63, 3.8) is 0 Å². The van der Waals surface area contributed by atoms with Crippen LogP contribution >= 0.6 is 23.2 Å². The molecule has 4 nitrogen and oxygen atoms in total. The molecule has 128 valence electrons. The van der Waals surface area contributed by atoms with Crippen molar-refractivity contribution in [1.82, 2.24) is 9.97 Å². The SMILES string of the molecule is Clc1cc(Cl)nc(-c2ccccc2OCCCOc2ccccc2)n1. The molecule has 25 heavy (non-hydrogen) atoms. The van der Waals surface area contributed by atoms with Crippen molar-refractivity contribution in [2.45, 2.75) is 6.42 Å². The fourth-order valence-corrected chi connectivity index (χ4v) is 2.66. The molecule has 6 heteroatoms. The van der Waals surface area contributed by atoms with E-state index < -0.39 is 0 Å². The summed E-state index contributed by atoms with van der Waals surface area (Å²) in [6.07, 6.45) is 0.750. The lowest BCUT2D eigenvalue weighted by Crippen LogP contribution is -2.06. The van der Waals surface area contributed by atoms with Gasteiger partial charge in [0.05, 0.1) is 18.8 Å². The Balaban J connectivity index is 1.60. The highest BCUT2D eigenvalue weighted by Gasteiger charge is 2.10. The van der Waals surface area contributed by atoms with E-state index in [2.05, 4.69) is 9.97 Å². The molecular formula is C19H16Cl2N2O2. The molecule has 0 N–H and O–H groups in total. The van der Waals surface area contributed by atoms with Crippen LogP contribution in [0.25, 0.3) is 11.4 Å². The molecule has 0 aliphatic heterocycles. The number of nitrogens with zero attached hydrogens (tertiary/aromatic N) is 2. The van der Waals surface area contributed by atoms with Crippen LogP contribution in [0.4, 0.5) is 0 Å². The smallest absolute Gasteiger partial charge is 0.166 e. The molecule has 1 heterocycles. The molecule has 1 aromatic heterocycles. The largest absolute Gasteiger partial charge is 0.493 e. The molecule has 0 aliphatic rings. The normalized spacial score (nSPS) is 10.5. The lowest BCUT2D eigenvalue weighted by Gasteiger charge is -2.11. The van der Waals surface area contributed by atoms with Gasteiger partial charge >= 0.3 is 0 Å². The summed E-state index contributed by atoms with van der Waals surface area (Å²) in [5, 5.41) is 0.585. The molecule has 0 fully saturated rings. The van der Waals surface area contributed by atoms with Crippen molar-refractivity contribution in [3.05, 3.63) is 71.0 Å². The maximum Gasteiger partial charge on any atom is 0.166 e. The van der Waals surface area contributed by atoms with E-state index in [0.29, 0.717) is 35.1 Å². The molecule has 0 unspecified atom stereocenters. The minimum Gasteiger partial charge on any atom is -0.493 e. The Labute approximate surface area is 156 Å². The monoisotopic (exact) mass is 374 g/mol. The lowest BCUT2D eigenvalue weighted by atomic mass is 10.2. The fourth-order valence-electron chi connectivity index (χ4n) is 2.24. The third kappa shape index (κ3) is 5.08. The van der Waals surface area contributed by atoms with E-state index in [1.807, 2.05) is 54.6 Å². The van der Waals surface area contributed by atoms with E-state index in [4.69, 9.17) is 32.7 Å². The standard InChI is InChI=1S/C19H16Cl2N2O2/c20-17-13-18(21)23-19(22-17)15-9-4-5-10-16(15)25-12-6-11-24-14-7-2-1-3-8-14/h1-5,7-10,13H,6,11-12H2. The summed E-state index contributed by atoms with van der Waals surface area (Å²) < 4.78 is 11.5. The van der Waals surface area contributed by atoms with E-state index in [0.717, 1.165) is 17.7 Å². The van der Waals surface area contributed by atoms with Crippen LogP contribution in [-0.2, 0) is 0 Å². The van der Waals surface area contributed by atoms with E-state index >= 15 is 0 Å². The second kappa shape index (κ2) is 8.70. The second-order valence-electron chi connectivity index (χ2n) is 5.20. The summed E-state index contributed by atoms with van der Waals surface area (Å²) in [4.78, 5) is 8.43. The summed E-state index contributed by atoms with van der Waals surface area (Å²) in [7, 11) is 0. The van der Waals surface area contributed by atoms with Gasteiger partial charge in [0, 0.05) is 12.5 Å². The van der Waals surface area contributed by atoms with Gasteiger partial charge in [0.25, 0.3) is 0 Å². The summed E-state index contributed by atoms with van der Waals surface area (Å²) in [6, 6.07) is 18.7. The number of aromatic nitrogens is 2. The van der Waals surface area contributed by atoms with Gasteiger partial charge in [0.15, 0.2) is 5.82 Å². The molecule has 0 aliphatic carbocycles. The molecule has 3 aromatic rings. The number of benzene rings is 2. The summed E-state index contributed by atoms with van der Waals surface area (Å²) in [5.74, 6) is 1.97. The van der Waals surface area contributed by atoms with Crippen LogP contribution in [0.2, 0.25) is 10.3 Å². The Hall–Kier alpha value is -2.30. The van der Waals surface area contributed by atoms with Crippen LogP contribution in [0.5, 0.6) is 11.5 Å². The Kier molecular flexibility index (Phi) is 6.09. The molecule has 0 saturated carbocycles. The number of ether oxygens (including phenoxy) is 2. The molecule has 0 spiro atoms. The van der Waals surface area contributed by atoms with E-state index in [1.54, 1.807) is 0 Å². The van der Waals surface area contributed by atoms with Crippen LogP contribution in [0.1, 0.15) is 6.42 Å². The molecular weight excluding hydrogens is 359 g/mol. The number of halogens is 2. The number of para-hydroxylation sites is 2. The van der Waals surface area contributed by atoms with Crippen LogP contribution < -0.4 is 9.47 Å². The van der Waals surface area contributed by atoms with Crippen LogP contribution in [-0.4, -0.2) is 23.2 Å². The van der Waals surface area contributed by atoms with Gasteiger partial charge in [0.1, 0.15) is 21.8 Å². The maximum atomic E-state index is 5.96. The minimum atomic E-state index is 0.293. The molecule has 0 atom stereocenters. The minimum absolute atomic E-state index is 0.293. The molecule has 0 bridgehead atoms. The van der Waals surface area contributed by atoms with Crippen LogP contribution in [0, 0.1) is 0 Å². The topological polar surface area (TPSA) is 44.2 Å². The summed E-state index contributed by atoms with van der Waals surface area (Å²) >= 11 is 11.9. The van der Waals surface area contributed by atoms with Crippen LogP contribution in [0.15, 0.2) is 60.7 Å². The molecule has 3 rings (SSSR count). The predicted octanol–water partition coefficient (Wildman–Crippen LogP) is 5.30. The van der Waals surface area contributed by atoms with Crippen molar-refractivity contribution >= 4 is 23.2 Å². The number of rotatable bonds is 7. The Morgan fingerprint density at radius 3 is 2.16 bits per heavy atom. The third-order valence-corrected chi connectivity index (χ3v) is 3.74. The van der Waals surface area contributed by atoms with Crippen molar-refractivity contribution in [2.75, 3.05) is 13.2 Å². The third-order valence-electron chi connectivity index (χ3n) is 3.35. The average Bonchev–Trinajstić information content (AvgIpc) is 2.62. The van der Waals surface area contributed by atoms with Gasteiger partial charge in [0.2, 0.25) is 0 Å². The zero-order valence-corrected chi connectivity index (χ0v) is 14.9. The molecule has 0 saturated heterocycles. The van der Waals surface area contributed by atoms with Crippen molar-refractivity contribution in [2.24, 2.45) is 0 Å². The first-order valence-electron chi connectivity index (χ1n) is 7.82. The highest BCUT2D eigenvalue weighted by molar-refractivity contribution is 6.33. The van der Waals surface area contributed by atoms with Gasteiger partial charge in [-0.1, -0.05) is 53.5 Å². The lowest BCUT2D eigenvalue weighted by molar-refractivity contribution is 0.248. The van der Waals surface area contributed by atoms with Gasteiger partial charge in [-0.25, -0.2) is 9.97 Å². The zero-order valence-electron chi connectivity index (χ0n) is 13.4. The van der Waals surface area contributed by atoms with E-state index in [9.17, 15) is 0 Å². The fraction of sp³-hybridized carbons (Fsp3) is 0.158. The van der Waals surface area contributed by atoms with E-state index in [-0.39, 0.29) is 0 Å². The zero-order chi connectivity index (χ0) is 17.5. The molecule has 2 aromatic carbocycles. The van der Waals surface area contributed by atoms with Crippen molar-refractivity contribution in [1.29, 1.82) is 0 Å². The first-order valence-corrected chi connectivity index (χ1v) is 8.58. The van der Waals surface area contributed by atoms with Crippen LogP contribution in [0.3, 0.4) is 0 Å². The quantitative estimate of drug-likeness (QED) is 0.415. The van der Waals surface area contributed by atoms with Gasteiger partial charge in [-0.15, -0.1) is 0 Å². The molecule has 0 radical (unpaired) electrons. The number of hydrogen-bond donors (Lipinski definition) is 0. The average molecular weight is 375 g/mol. The highest BCUT2D eigenvalue weighted by atomic mass is 35.5. The predicted molar refractivity (Wildman–Crippen MR) is 99.5 cm³/mol. The first-order chi connectivity index (χ1) is 12.2. The maximum absolute atomic E-state index is 5.96. The number of hydrogen-bond acceptors (Lipinski definition) is 4. The van der Waals surface area contributed by atoms with Gasteiger partial charge in [-0.3, -0.25) is 0 Å². The van der Waals surface area contributed by atoms with E-state index in [1.165, 1.54) is 6.07 Å². The Morgan fingerprint density at radius 1 is 0.760 bits per heavy atom.